The SMILES string of the molecule is CC(C)(C)CC(=O)Nc1cncc(-c2cnc3[nH]nc(-c4nc5c(-c6ccc(F)s6)nccc5[nH]4)c3c2F)c1. The van der Waals surface area contributed by atoms with Gasteiger partial charge < -0.3 is 10.3 Å². The van der Waals surface area contributed by atoms with E-state index in [9.17, 15) is 9.18 Å². The summed E-state index contributed by atoms with van der Waals surface area (Å²) in [7, 11) is 0. The van der Waals surface area contributed by atoms with Crippen LogP contribution in [0, 0.1) is 16.4 Å². The van der Waals surface area contributed by atoms with E-state index in [1.807, 2.05) is 20.8 Å². The summed E-state index contributed by atoms with van der Waals surface area (Å²) in [6.45, 7) is 5.92. The number of rotatable bonds is 5. The fourth-order valence-electron chi connectivity index (χ4n) is 4.34. The molecule has 0 saturated heterocycles. The lowest BCUT2D eigenvalue weighted by molar-refractivity contribution is -0.117. The highest BCUT2D eigenvalue weighted by atomic mass is 32.1. The van der Waals surface area contributed by atoms with Crippen molar-refractivity contribution in [1.82, 2.24) is 35.1 Å². The Bertz CT molecular complexity index is 1870. The van der Waals surface area contributed by atoms with Gasteiger partial charge in [0.25, 0.3) is 0 Å². The van der Waals surface area contributed by atoms with Crippen molar-refractivity contribution in [2.24, 2.45) is 5.41 Å². The number of pyridine rings is 3. The van der Waals surface area contributed by atoms with Crippen molar-refractivity contribution in [3.05, 3.63) is 60.0 Å². The molecule has 3 N–H and O–H groups in total. The Hall–Kier alpha value is -4.58. The zero-order valence-electron chi connectivity index (χ0n) is 21.1. The zero-order chi connectivity index (χ0) is 27.3. The normalized spacial score (nSPS) is 11.9. The van der Waals surface area contributed by atoms with Crippen LogP contribution in [0.1, 0.15) is 27.2 Å². The van der Waals surface area contributed by atoms with Gasteiger partial charge in [0.05, 0.1) is 27.7 Å². The number of nitrogens with zero attached hydrogens (tertiary/aromatic N) is 5. The highest BCUT2D eigenvalue weighted by molar-refractivity contribution is 7.13. The van der Waals surface area contributed by atoms with E-state index in [0.29, 0.717) is 45.1 Å². The van der Waals surface area contributed by atoms with Crippen LogP contribution in [0.3, 0.4) is 0 Å². The molecule has 12 heteroatoms. The molecule has 0 aliphatic rings. The largest absolute Gasteiger partial charge is 0.336 e. The maximum atomic E-state index is 16.0. The number of nitrogens with one attached hydrogen (secondary N) is 3. The third kappa shape index (κ3) is 4.74. The first kappa shape index (κ1) is 24.7. The summed E-state index contributed by atoms with van der Waals surface area (Å²) in [5.41, 5.74) is 3.06. The van der Waals surface area contributed by atoms with Crippen molar-refractivity contribution >= 4 is 45.0 Å². The van der Waals surface area contributed by atoms with Crippen LogP contribution in [-0.2, 0) is 4.79 Å². The first-order valence-corrected chi connectivity index (χ1v) is 12.9. The fraction of sp³-hybridized carbons (Fsp3) is 0.185. The number of aromatic nitrogens is 7. The standard InChI is InChI=1S/C27H22F2N8OS/c1-27(2,3)9-19(38)33-14-8-13(10-30-11-14)15-12-32-25-20(21(15)29)24(36-37-25)26-34-16-6-7-31-23(22(16)35-26)17-4-5-18(28)39-17/h4-8,10-12H,9H2,1-3H3,(H,33,38)(H,34,35)(H,32,36,37). The number of aromatic amines is 2. The van der Waals surface area contributed by atoms with E-state index in [1.165, 1.54) is 24.7 Å². The molecule has 6 aromatic heterocycles. The average molecular weight is 545 g/mol. The lowest BCUT2D eigenvalue weighted by Gasteiger charge is -2.17. The van der Waals surface area contributed by atoms with E-state index in [4.69, 9.17) is 0 Å². The molecule has 1 amide bonds. The number of carbonyl (C=O) groups is 1. The van der Waals surface area contributed by atoms with Gasteiger partial charge in [-0.1, -0.05) is 20.8 Å². The lowest BCUT2D eigenvalue weighted by atomic mass is 9.92. The van der Waals surface area contributed by atoms with E-state index in [0.717, 1.165) is 11.3 Å². The van der Waals surface area contributed by atoms with Gasteiger partial charge in [-0.3, -0.25) is 19.9 Å². The van der Waals surface area contributed by atoms with E-state index in [1.54, 1.807) is 24.4 Å². The smallest absolute Gasteiger partial charge is 0.224 e. The Morgan fingerprint density at radius 3 is 2.69 bits per heavy atom. The van der Waals surface area contributed by atoms with Crippen LogP contribution in [0.5, 0.6) is 0 Å². The van der Waals surface area contributed by atoms with Crippen LogP contribution in [0.15, 0.2) is 49.1 Å². The Morgan fingerprint density at radius 1 is 1.08 bits per heavy atom. The number of hydrogen-bond donors (Lipinski definition) is 3. The van der Waals surface area contributed by atoms with Crippen LogP contribution in [0.2, 0.25) is 0 Å². The van der Waals surface area contributed by atoms with Gasteiger partial charge in [0.2, 0.25) is 5.91 Å². The Kier molecular flexibility index (Phi) is 5.91. The van der Waals surface area contributed by atoms with E-state index < -0.39 is 5.82 Å². The molecule has 6 rings (SSSR count). The molecule has 0 bridgehead atoms. The van der Waals surface area contributed by atoms with Crippen molar-refractivity contribution in [3.63, 3.8) is 0 Å². The van der Waals surface area contributed by atoms with Crippen LogP contribution in [0.25, 0.3) is 55.3 Å². The quantitative estimate of drug-likeness (QED) is 0.233. The molecule has 196 valence electrons. The van der Waals surface area contributed by atoms with Gasteiger partial charge in [0, 0.05) is 36.1 Å². The predicted molar refractivity (Wildman–Crippen MR) is 146 cm³/mol. The van der Waals surface area contributed by atoms with Gasteiger partial charge in [0.1, 0.15) is 22.7 Å². The second-order valence-electron chi connectivity index (χ2n) is 10.3. The number of hydrogen-bond acceptors (Lipinski definition) is 7. The number of amides is 1. The molecular weight excluding hydrogens is 522 g/mol. The Morgan fingerprint density at radius 2 is 1.92 bits per heavy atom. The topological polar surface area (TPSA) is 125 Å². The summed E-state index contributed by atoms with van der Waals surface area (Å²) in [5, 5.41) is 9.69. The molecule has 0 unspecified atom stereocenters. The summed E-state index contributed by atoms with van der Waals surface area (Å²) < 4.78 is 29.7. The number of anilines is 1. The molecular formula is C27H22F2N8OS. The first-order valence-electron chi connectivity index (χ1n) is 12.0. The minimum Gasteiger partial charge on any atom is -0.336 e. The number of imidazole rings is 1. The van der Waals surface area contributed by atoms with Crippen molar-refractivity contribution in [2.45, 2.75) is 27.2 Å². The minimum absolute atomic E-state index is 0.144. The lowest BCUT2D eigenvalue weighted by Crippen LogP contribution is -2.19. The number of H-pyrrole nitrogens is 2. The van der Waals surface area contributed by atoms with E-state index in [2.05, 4.69) is 40.4 Å². The Balaban J connectivity index is 1.40. The fourth-order valence-corrected chi connectivity index (χ4v) is 5.07. The van der Waals surface area contributed by atoms with Crippen LogP contribution in [-0.4, -0.2) is 41.0 Å². The van der Waals surface area contributed by atoms with Crippen LogP contribution in [0.4, 0.5) is 14.5 Å². The van der Waals surface area contributed by atoms with Gasteiger partial charge >= 0.3 is 0 Å². The molecule has 9 nitrogen and oxygen atoms in total. The monoisotopic (exact) mass is 544 g/mol. The first-order chi connectivity index (χ1) is 18.7. The van der Waals surface area contributed by atoms with Crippen molar-refractivity contribution in [3.8, 4) is 33.2 Å². The van der Waals surface area contributed by atoms with Gasteiger partial charge in [0.15, 0.2) is 16.6 Å². The molecule has 6 aromatic rings. The van der Waals surface area contributed by atoms with E-state index >= 15 is 4.39 Å². The average Bonchev–Trinajstić information content (AvgIpc) is 3.60. The maximum absolute atomic E-state index is 16.0. The maximum Gasteiger partial charge on any atom is 0.224 e. The summed E-state index contributed by atoms with van der Waals surface area (Å²) >= 11 is 0.967. The van der Waals surface area contributed by atoms with E-state index in [-0.39, 0.29) is 38.7 Å². The third-order valence-electron chi connectivity index (χ3n) is 5.98. The predicted octanol–water partition coefficient (Wildman–Crippen LogP) is 6.34. The number of thiophene rings is 1. The molecule has 0 radical (unpaired) electrons. The van der Waals surface area contributed by atoms with Crippen molar-refractivity contribution < 1.29 is 13.6 Å². The molecule has 39 heavy (non-hydrogen) atoms. The summed E-state index contributed by atoms with van der Waals surface area (Å²) in [4.78, 5) is 33.8. The summed E-state index contributed by atoms with van der Waals surface area (Å²) in [6.07, 6.45) is 6.33. The second-order valence-corrected chi connectivity index (χ2v) is 11.3. The third-order valence-corrected chi connectivity index (χ3v) is 6.86. The second kappa shape index (κ2) is 9.31. The summed E-state index contributed by atoms with van der Waals surface area (Å²) in [5.74, 6) is -0.416. The molecule has 0 saturated carbocycles. The van der Waals surface area contributed by atoms with Gasteiger partial charge in [-0.05, 0) is 29.7 Å². The van der Waals surface area contributed by atoms with Crippen molar-refractivity contribution in [2.75, 3.05) is 5.32 Å². The van der Waals surface area contributed by atoms with Crippen molar-refractivity contribution in [1.29, 1.82) is 0 Å². The molecule has 0 aromatic carbocycles. The van der Waals surface area contributed by atoms with Crippen LogP contribution < -0.4 is 5.32 Å². The molecule has 6 heterocycles. The van der Waals surface area contributed by atoms with Crippen LogP contribution >= 0.6 is 11.3 Å². The molecule has 0 aliphatic heterocycles. The number of fused-ring (bicyclic) bond motifs is 2. The number of halogens is 2. The van der Waals surface area contributed by atoms with Gasteiger partial charge in [-0.25, -0.2) is 14.4 Å². The zero-order valence-corrected chi connectivity index (χ0v) is 22.0. The van der Waals surface area contributed by atoms with Gasteiger partial charge in [-0.2, -0.15) is 9.49 Å². The molecule has 0 aliphatic carbocycles. The molecule has 0 spiro atoms. The summed E-state index contributed by atoms with van der Waals surface area (Å²) in [6, 6.07) is 6.40. The van der Waals surface area contributed by atoms with Gasteiger partial charge in [-0.15, -0.1) is 11.3 Å². The molecule has 0 atom stereocenters. The minimum atomic E-state index is -0.567. The highest BCUT2D eigenvalue weighted by Gasteiger charge is 2.22. The number of carbonyl (C=O) groups excluding carboxylic acids is 1. The highest BCUT2D eigenvalue weighted by Crippen LogP contribution is 2.35. The Labute approximate surface area is 224 Å². The molecule has 0 fully saturated rings.